The molecule has 0 saturated carbocycles. The Labute approximate surface area is 241 Å². The molecule has 1 saturated heterocycles. The van der Waals surface area contributed by atoms with E-state index in [9.17, 15) is 0 Å². The van der Waals surface area contributed by atoms with Gasteiger partial charge in [-0.15, -0.1) is 0 Å². The monoisotopic (exact) mass is 538 g/mol. The van der Waals surface area contributed by atoms with E-state index in [1.165, 1.54) is 90.6 Å². The third-order valence-corrected chi connectivity index (χ3v) is 15.3. The predicted octanol–water partition coefficient (Wildman–Crippen LogP) is 9.82. The summed E-state index contributed by atoms with van der Waals surface area (Å²) in [7, 11) is -1.69. The molecule has 0 nitrogen and oxygen atoms in total. The van der Waals surface area contributed by atoms with Crippen LogP contribution in [0.5, 0.6) is 0 Å². The minimum atomic E-state index is -1.69. The first-order chi connectivity index (χ1) is 20.3. The van der Waals surface area contributed by atoms with Gasteiger partial charge in [-0.25, -0.2) is 0 Å². The highest BCUT2D eigenvalue weighted by Crippen LogP contribution is 2.44. The quantitative estimate of drug-likeness (QED) is 0.152. The molecule has 0 bridgehead atoms. The average molecular weight is 539 g/mol. The third-order valence-electron chi connectivity index (χ3n) is 9.98. The van der Waals surface area contributed by atoms with E-state index >= 15 is 0 Å². The zero-order chi connectivity index (χ0) is 27.0. The molecular formula is C40H30Si. The highest BCUT2D eigenvalue weighted by Gasteiger charge is 2.47. The van der Waals surface area contributed by atoms with Crippen molar-refractivity contribution in [3.05, 3.63) is 133 Å². The Balaban J connectivity index is 1.35. The Morgan fingerprint density at radius 2 is 0.951 bits per heavy atom. The molecule has 2 heterocycles. The third kappa shape index (κ3) is 3.27. The van der Waals surface area contributed by atoms with Crippen LogP contribution in [0.3, 0.4) is 0 Å². The van der Waals surface area contributed by atoms with E-state index < -0.39 is 8.07 Å². The van der Waals surface area contributed by atoms with Crippen LogP contribution in [-0.2, 0) is 0 Å². The van der Waals surface area contributed by atoms with Crippen LogP contribution in [0.2, 0.25) is 12.1 Å². The van der Waals surface area contributed by atoms with Gasteiger partial charge in [0.2, 0.25) is 0 Å². The summed E-state index contributed by atoms with van der Waals surface area (Å²) >= 11 is 0. The van der Waals surface area contributed by atoms with Crippen LogP contribution in [0, 0.1) is 0 Å². The lowest BCUT2D eigenvalue weighted by molar-refractivity contribution is 0.935. The van der Waals surface area contributed by atoms with Crippen molar-refractivity contribution in [1.29, 1.82) is 0 Å². The van der Waals surface area contributed by atoms with Crippen LogP contribution >= 0.6 is 0 Å². The molecule has 0 N–H and O–H groups in total. The Bertz CT molecular complexity index is 2150. The highest BCUT2D eigenvalue weighted by atomic mass is 28.3. The summed E-state index contributed by atoms with van der Waals surface area (Å²) < 4.78 is 0. The standard InChI is InChI=1S/C40H30Si/c1-2-12-27(13-3-1)36-24-29-25-37(31-15-5-7-18-35(31)40(29)34-17-6-4-14-30(34)36)28-20-21-33-32-16-8-9-19-38(32)41(39(33)26-28)22-10-11-23-41/h1-9,12-21,24-26H,10-11,22-23H2. The van der Waals surface area contributed by atoms with Crippen molar-refractivity contribution < 1.29 is 0 Å². The summed E-state index contributed by atoms with van der Waals surface area (Å²) in [5, 5.41) is 11.4. The first-order valence-electron chi connectivity index (χ1n) is 15.0. The summed E-state index contributed by atoms with van der Waals surface area (Å²) in [6, 6.07) is 53.3. The van der Waals surface area contributed by atoms with Crippen LogP contribution in [0.25, 0.3) is 65.7 Å². The molecule has 194 valence electrons. The molecular weight excluding hydrogens is 509 g/mol. The largest absolute Gasteiger partial charge is 0.119 e. The second kappa shape index (κ2) is 8.77. The second-order valence-electron chi connectivity index (χ2n) is 12.0. The van der Waals surface area contributed by atoms with Crippen molar-refractivity contribution in [2.75, 3.05) is 0 Å². The summed E-state index contributed by atoms with van der Waals surface area (Å²) in [5.74, 6) is 0. The number of fused-ring (bicyclic) bond motifs is 10. The van der Waals surface area contributed by atoms with Crippen LogP contribution in [0.15, 0.2) is 133 Å². The van der Waals surface area contributed by atoms with Crippen molar-refractivity contribution in [3.63, 3.8) is 0 Å². The fourth-order valence-electron chi connectivity index (χ4n) is 8.22. The Morgan fingerprint density at radius 1 is 0.390 bits per heavy atom. The van der Waals surface area contributed by atoms with Gasteiger partial charge in [-0.3, -0.25) is 0 Å². The summed E-state index contributed by atoms with van der Waals surface area (Å²) in [6.07, 6.45) is 2.75. The van der Waals surface area contributed by atoms with Crippen LogP contribution in [0.1, 0.15) is 12.8 Å². The van der Waals surface area contributed by atoms with Gasteiger partial charge in [0.15, 0.2) is 0 Å². The maximum absolute atomic E-state index is 2.61. The lowest BCUT2D eigenvalue weighted by Gasteiger charge is -2.24. The lowest BCUT2D eigenvalue weighted by Crippen LogP contribution is -2.52. The molecule has 0 radical (unpaired) electrons. The molecule has 2 aliphatic rings. The molecule has 1 fully saturated rings. The van der Waals surface area contributed by atoms with E-state index in [2.05, 4.69) is 133 Å². The summed E-state index contributed by atoms with van der Waals surface area (Å²) in [6.45, 7) is 0. The van der Waals surface area contributed by atoms with Crippen molar-refractivity contribution in [3.8, 4) is 33.4 Å². The van der Waals surface area contributed by atoms with Crippen LogP contribution in [0.4, 0.5) is 0 Å². The van der Waals surface area contributed by atoms with Gasteiger partial charge in [-0.2, -0.15) is 0 Å². The van der Waals surface area contributed by atoms with E-state index in [-0.39, 0.29) is 0 Å². The molecule has 0 amide bonds. The SMILES string of the molecule is c1ccc(-c2cc3cc(-c4ccc5c(c4)[Si]4(CCCC4)c4ccccc4-5)c4ccccc4c3c3ccccc23)cc1. The molecule has 1 heteroatoms. The first kappa shape index (κ1) is 23.3. The Morgan fingerprint density at radius 3 is 1.66 bits per heavy atom. The van der Waals surface area contributed by atoms with Crippen molar-refractivity contribution in [2.24, 2.45) is 0 Å². The van der Waals surface area contributed by atoms with Gasteiger partial charge in [-0.05, 0) is 100 Å². The minimum absolute atomic E-state index is 1.27. The fraction of sp³-hybridized carbons (Fsp3) is 0.100. The molecule has 2 aliphatic heterocycles. The normalized spacial score (nSPS) is 15.1. The van der Waals surface area contributed by atoms with Crippen molar-refractivity contribution in [2.45, 2.75) is 24.9 Å². The minimum Gasteiger partial charge on any atom is -0.0623 e. The van der Waals surface area contributed by atoms with Gasteiger partial charge < -0.3 is 0 Å². The Kier molecular flexibility index (Phi) is 4.97. The van der Waals surface area contributed by atoms with Crippen molar-refractivity contribution in [1.82, 2.24) is 0 Å². The first-order valence-corrected chi connectivity index (χ1v) is 17.4. The van der Waals surface area contributed by atoms with E-state index in [0.29, 0.717) is 0 Å². The smallest absolute Gasteiger partial charge is 0.0623 e. The molecule has 9 rings (SSSR count). The van der Waals surface area contributed by atoms with E-state index in [0.717, 1.165) is 0 Å². The van der Waals surface area contributed by atoms with E-state index in [1.807, 2.05) is 0 Å². The molecule has 7 aromatic rings. The second-order valence-corrected chi connectivity index (χ2v) is 16.2. The summed E-state index contributed by atoms with van der Waals surface area (Å²) in [5.41, 5.74) is 8.29. The van der Waals surface area contributed by atoms with Gasteiger partial charge in [0.25, 0.3) is 0 Å². The highest BCUT2D eigenvalue weighted by molar-refractivity contribution is 7.06. The van der Waals surface area contributed by atoms with Crippen LogP contribution < -0.4 is 10.4 Å². The molecule has 7 aromatic carbocycles. The topological polar surface area (TPSA) is 0 Å². The number of hydrogen-bond acceptors (Lipinski definition) is 0. The zero-order valence-electron chi connectivity index (χ0n) is 23.0. The molecule has 0 aliphatic carbocycles. The fourth-order valence-corrected chi connectivity index (χ4v) is 13.9. The maximum atomic E-state index is 2.61. The van der Waals surface area contributed by atoms with Crippen LogP contribution in [-0.4, -0.2) is 8.07 Å². The van der Waals surface area contributed by atoms with E-state index in [4.69, 9.17) is 0 Å². The Hall–Kier alpha value is -4.46. The zero-order valence-corrected chi connectivity index (χ0v) is 24.0. The molecule has 0 atom stereocenters. The van der Waals surface area contributed by atoms with Gasteiger partial charge >= 0.3 is 0 Å². The van der Waals surface area contributed by atoms with Gasteiger partial charge in [-0.1, -0.05) is 134 Å². The molecule has 41 heavy (non-hydrogen) atoms. The van der Waals surface area contributed by atoms with E-state index in [1.54, 1.807) is 10.4 Å². The maximum Gasteiger partial charge on any atom is 0.119 e. The lowest BCUT2D eigenvalue weighted by atomic mass is 9.87. The van der Waals surface area contributed by atoms with Gasteiger partial charge in [0.1, 0.15) is 8.07 Å². The predicted molar refractivity (Wildman–Crippen MR) is 179 cm³/mol. The molecule has 0 aromatic heterocycles. The number of hydrogen-bond donors (Lipinski definition) is 0. The van der Waals surface area contributed by atoms with Crippen molar-refractivity contribution >= 4 is 50.8 Å². The number of rotatable bonds is 2. The average Bonchev–Trinajstić information content (AvgIpc) is 3.64. The van der Waals surface area contributed by atoms with Gasteiger partial charge in [0, 0.05) is 0 Å². The molecule has 0 unspecified atom stereocenters. The summed E-state index contributed by atoms with van der Waals surface area (Å²) in [4.78, 5) is 0. The van der Waals surface area contributed by atoms with Gasteiger partial charge in [0.05, 0.1) is 0 Å². The number of benzene rings is 7. The molecule has 1 spiro atoms.